The van der Waals surface area contributed by atoms with Crippen LogP contribution in [0.2, 0.25) is 0 Å². The molecule has 0 radical (unpaired) electrons. The van der Waals surface area contributed by atoms with Crippen LogP contribution in [0.5, 0.6) is 0 Å². The van der Waals surface area contributed by atoms with E-state index < -0.39 is 0 Å². The zero-order valence-electron chi connectivity index (χ0n) is 10.5. The number of halogens is 1. The van der Waals surface area contributed by atoms with E-state index in [4.69, 9.17) is 5.73 Å². The molecule has 0 fully saturated rings. The van der Waals surface area contributed by atoms with Gasteiger partial charge in [0.1, 0.15) is 0 Å². The summed E-state index contributed by atoms with van der Waals surface area (Å²) >= 11 is 3.54. The van der Waals surface area contributed by atoms with E-state index in [0.717, 1.165) is 15.9 Å². The zero-order chi connectivity index (χ0) is 13.1. The van der Waals surface area contributed by atoms with Crippen molar-refractivity contribution in [2.24, 2.45) is 12.8 Å². The van der Waals surface area contributed by atoms with Gasteiger partial charge < -0.3 is 15.6 Å². The first-order valence-corrected chi connectivity index (χ1v) is 6.60. The van der Waals surface area contributed by atoms with Crippen molar-refractivity contribution in [3.8, 4) is 0 Å². The molecule has 0 aliphatic heterocycles. The van der Waals surface area contributed by atoms with Crippen LogP contribution >= 0.6 is 15.9 Å². The molecule has 96 valence electrons. The van der Waals surface area contributed by atoms with Crippen molar-refractivity contribution in [3.63, 3.8) is 0 Å². The van der Waals surface area contributed by atoms with E-state index in [9.17, 15) is 0 Å². The number of nitrogens with two attached hydrogens (primary N) is 1. The highest BCUT2D eigenvalue weighted by Crippen LogP contribution is 2.27. The Morgan fingerprint density at radius 3 is 2.89 bits per heavy atom. The fourth-order valence-corrected chi connectivity index (χ4v) is 2.26. The summed E-state index contributed by atoms with van der Waals surface area (Å²) < 4.78 is 3.02. The molecule has 0 amide bonds. The minimum Gasteiger partial charge on any atom is -0.375 e. The van der Waals surface area contributed by atoms with Crippen LogP contribution in [0, 0.1) is 6.92 Å². The van der Waals surface area contributed by atoms with Crippen molar-refractivity contribution in [1.82, 2.24) is 9.55 Å². The van der Waals surface area contributed by atoms with Crippen LogP contribution in [-0.4, -0.2) is 16.1 Å². The van der Waals surface area contributed by atoms with Crippen LogP contribution in [-0.2, 0) is 7.05 Å². The Morgan fingerprint density at radius 2 is 2.28 bits per heavy atom. The van der Waals surface area contributed by atoms with Gasteiger partial charge in [0.15, 0.2) is 0 Å². The molecule has 1 unspecified atom stereocenters. The number of hydrogen-bond donors (Lipinski definition) is 2. The van der Waals surface area contributed by atoms with Crippen LogP contribution in [0.4, 0.5) is 5.69 Å². The number of aromatic nitrogens is 2. The molecular weight excluding hydrogens is 292 g/mol. The molecule has 1 aromatic carbocycles. The van der Waals surface area contributed by atoms with Crippen LogP contribution in [0.25, 0.3) is 0 Å². The standard InChI is InChI=1S/C13H17BrN4/c1-9-3-4-10(14)11(5-9)17-12(6-15)13-7-16-8-18(13)2/h3-5,7-8,12,17H,6,15H2,1-2H3. The summed E-state index contributed by atoms with van der Waals surface area (Å²) in [5.41, 5.74) is 9.18. The van der Waals surface area contributed by atoms with Gasteiger partial charge in [-0.25, -0.2) is 4.98 Å². The lowest BCUT2D eigenvalue weighted by Gasteiger charge is -2.19. The summed E-state index contributed by atoms with van der Waals surface area (Å²) in [6, 6.07) is 6.25. The molecule has 2 aromatic rings. The summed E-state index contributed by atoms with van der Waals surface area (Å²) in [5, 5.41) is 3.45. The van der Waals surface area contributed by atoms with Gasteiger partial charge in [-0.05, 0) is 40.5 Å². The van der Waals surface area contributed by atoms with Gasteiger partial charge in [0.05, 0.1) is 24.3 Å². The van der Waals surface area contributed by atoms with E-state index in [1.54, 1.807) is 6.33 Å². The molecule has 0 aliphatic carbocycles. The molecule has 0 bridgehead atoms. The molecule has 4 nitrogen and oxygen atoms in total. The van der Waals surface area contributed by atoms with E-state index in [2.05, 4.69) is 45.3 Å². The maximum atomic E-state index is 5.85. The zero-order valence-corrected chi connectivity index (χ0v) is 12.1. The van der Waals surface area contributed by atoms with E-state index in [1.807, 2.05) is 23.9 Å². The molecule has 2 rings (SSSR count). The molecule has 5 heteroatoms. The lowest BCUT2D eigenvalue weighted by atomic mass is 10.1. The Labute approximate surface area is 115 Å². The molecule has 1 heterocycles. The summed E-state index contributed by atoms with van der Waals surface area (Å²) in [5.74, 6) is 0. The first kappa shape index (κ1) is 13.1. The highest BCUT2D eigenvalue weighted by atomic mass is 79.9. The average molecular weight is 309 g/mol. The lowest BCUT2D eigenvalue weighted by molar-refractivity contribution is 0.705. The summed E-state index contributed by atoms with van der Waals surface area (Å²) in [6.07, 6.45) is 3.62. The number of nitrogens with zero attached hydrogens (tertiary/aromatic N) is 2. The quantitative estimate of drug-likeness (QED) is 0.913. The number of rotatable bonds is 4. The molecule has 0 saturated carbocycles. The van der Waals surface area contributed by atoms with Gasteiger partial charge in [-0.15, -0.1) is 0 Å². The number of nitrogens with one attached hydrogen (secondary N) is 1. The monoisotopic (exact) mass is 308 g/mol. The van der Waals surface area contributed by atoms with Gasteiger partial charge in [0.2, 0.25) is 0 Å². The van der Waals surface area contributed by atoms with Gasteiger partial charge in [0.25, 0.3) is 0 Å². The number of hydrogen-bond acceptors (Lipinski definition) is 3. The number of aryl methyl sites for hydroxylation is 2. The molecule has 0 aliphatic rings. The molecule has 0 spiro atoms. The highest BCUT2D eigenvalue weighted by molar-refractivity contribution is 9.10. The fourth-order valence-electron chi connectivity index (χ4n) is 1.89. The largest absolute Gasteiger partial charge is 0.375 e. The first-order valence-electron chi connectivity index (χ1n) is 5.80. The number of imidazole rings is 1. The molecular formula is C13H17BrN4. The minimum atomic E-state index is 0.0515. The van der Waals surface area contributed by atoms with Crippen molar-refractivity contribution < 1.29 is 0 Å². The summed E-state index contributed by atoms with van der Waals surface area (Å²) in [4.78, 5) is 4.13. The fraction of sp³-hybridized carbons (Fsp3) is 0.308. The normalized spacial score (nSPS) is 12.4. The summed E-state index contributed by atoms with van der Waals surface area (Å²) in [6.45, 7) is 2.58. The SMILES string of the molecule is Cc1ccc(Br)c(NC(CN)c2cncn2C)c1. The second kappa shape index (κ2) is 5.54. The average Bonchev–Trinajstić information content (AvgIpc) is 2.77. The lowest BCUT2D eigenvalue weighted by Crippen LogP contribution is -2.22. The molecule has 1 atom stereocenters. The van der Waals surface area contributed by atoms with Crippen molar-refractivity contribution in [2.45, 2.75) is 13.0 Å². The Kier molecular flexibility index (Phi) is 4.04. The van der Waals surface area contributed by atoms with Crippen LogP contribution < -0.4 is 11.1 Å². The van der Waals surface area contributed by atoms with Gasteiger partial charge in [-0.3, -0.25) is 0 Å². The molecule has 1 aromatic heterocycles. The first-order chi connectivity index (χ1) is 8.61. The summed E-state index contributed by atoms with van der Waals surface area (Å²) in [7, 11) is 1.97. The predicted octanol–water partition coefficient (Wildman–Crippen LogP) is 2.60. The molecule has 3 N–H and O–H groups in total. The van der Waals surface area contributed by atoms with Crippen molar-refractivity contribution in [1.29, 1.82) is 0 Å². The predicted molar refractivity (Wildman–Crippen MR) is 77.5 cm³/mol. The van der Waals surface area contributed by atoms with Gasteiger partial charge >= 0.3 is 0 Å². The van der Waals surface area contributed by atoms with Gasteiger partial charge in [0, 0.05) is 23.8 Å². The van der Waals surface area contributed by atoms with E-state index in [0.29, 0.717) is 6.54 Å². The maximum absolute atomic E-state index is 5.85. The van der Waals surface area contributed by atoms with E-state index in [-0.39, 0.29) is 6.04 Å². The Bertz CT molecular complexity index is 536. The van der Waals surface area contributed by atoms with Crippen molar-refractivity contribution in [3.05, 3.63) is 46.5 Å². The number of anilines is 1. The van der Waals surface area contributed by atoms with Crippen LogP contribution in [0.1, 0.15) is 17.3 Å². The van der Waals surface area contributed by atoms with Gasteiger partial charge in [-0.2, -0.15) is 0 Å². The third kappa shape index (κ3) is 2.73. The molecule has 0 saturated heterocycles. The van der Waals surface area contributed by atoms with E-state index in [1.165, 1.54) is 5.56 Å². The topological polar surface area (TPSA) is 55.9 Å². The minimum absolute atomic E-state index is 0.0515. The Balaban J connectivity index is 2.26. The smallest absolute Gasteiger partial charge is 0.0946 e. The second-order valence-corrected chi connectivity index (χ2v) is 5.20. The Morgan fingerprint density at radius 1 is 1.50 bits per heavy atom. The third-order valence-electron chi connectivity index (χ3n) is 2.90. The highest BCUT2D eigenvalue weighted by Gasteiger charge is 2.14. The van der Waals surface area contributed by atoms with Crippen molar-refractivity contribution in [2.75, 3.05) is 11.9 Å². The Hall–Kier alpha value is -1.33. The van der Waals surface area contributed by atoms with Crippen molar-refractivity contribution >= 4 is 21.6 Å². The van der Waals surface area contributed by atoms with Crippen LogP contribution in [0.15, 0.2) is 35.2 Å². The second-order valence-electron chi connectivity index (χ2n) is 4.35. The third-order valence-corrected chi connectivity index (χ3v) is 3.59. The van der Waals surface area contributed by atoms with Crippen LogP contribution in [0.3, 0.4) is 0 Å². The molecule has 18 heavy (non-hydrogen) atoms. The van der Waals surface area contributed by atoms with Gasteiger partial charge in [-0.1, -0.05) is 6.07 Å². The number of benzene rings is 1. The maximum Gasteiger partial charge on any atom is 0.0946 e. The van der Waals surface area contributed by atoms with E-state index >= 15 is 0 Å².